The number of aromatic nitrogens is 4. The summed E-state index contributed by atoms with van der Waals surface area (Å²) >= 11 is 0. The number of carbonyl (C=O) groups is 1. The van der Waals surface area contributed by atoms with Crippen molar-refractivity contribution in [3.63, 3.8) is 0 Å². The molecule has 0 radical (unpaired) electrons. The molecule has 0 aliphatic carbocycles. The topological polar surface area (TPSA) is 80.4 Å². The predicted octanol–water partition coefficient (Wildman–Crippen LogP) is 1.15. The minimum atomic E-state index is -4.73. The lowest BCUT2D eigenvalue weighted by Gasteiger charge is -2.06. The van der Waals surface area contributed by atoms with Crippen LogP contribution in [-0.4, -0.2) is 30.7 Å². The maximum Gasteiger partial charge on any atom is 0.433 e. The molecule has 17 heavy (non-hydrogen) atoms. The molecule has 2 rings (SSSR count). The second kappa shape index (κ2) is 3.40. The summed E-state index contributed by atoms with van der Waals surface area (Å²) in [4.78, 5) is 17.6. The summed E-state index contributed by atoms with van der Waals surface area (Å²) in [6.07, 6.45) is -4.73. The Kier molecular flexibility index (Phi) is 2.26. The number of rotatable bonds is 1. The van der Waals surface area contributed by atoms with Crippen LogP contribution in [-0.2, 0) is 6.18 Å². The van der Waals surface area contributed by atoms with E-state index in [0.29, 0.717) is 6.07 Å². The maximum atomic E-state index is 12.5. The average Bonchev–Trinajstić information content (AvgIpc) is 2.54. The highest BCUT2D eigenvalue weighted by molar-refractivity contribution is 5.86. The SMILES string of the molecule is Cc1nc2nc(C(F)(F)F)cc(C(=O)O)n2n1. The summed E-state index contributed by atoms with van der Waals surface area (Å²) in [5.74, 6) is -1.79. The third-order valence-electron chi connectivity index (χ3n) is 1.93. The van der Waals surface area contributed by atoms with Crippen molar-refractivity contribution in [2.75, 3.05) is 0 Å². The van der Waals surface area contributed by atoms with E-state index in [2.05, 4.69) is 15.1 Å². The minimum absolute atomic E-state index is 0.138. The summed E-state index contributed by atoms with van der Waals surface area (Å²) < 4.78 is 38.1. The van der Waals surface area contributed by atoms with Gasteiger partial charge in [-0.05, 0) is 6.92 Å². The van der Waals surface area contributed by atoms with E-state index in [1.54, 1.807) is 0 Å². The van der Waals surface area contributed by atoms with Gasteiger partial charge in [0.25, 0.3) is 5.78 Å². The molecule has 0 aliphatic rings. The van der Waals surface area contributed by atoms with Crippen molar-refractivity contribution in [1.82, 2.24) is 19.6 Å². The Morgan fingerprint density at radius 1 is 1.41 bits per heavy atom. The number of carboxylic acid groups (broad SMARTS) is 1. The number of hydrogen-bond donors (Lipinski definition) is 1. The van der Waals surface area contributed by atoms with Gasteiger partial charge in [-0.3, -0.25) is 0 Å². The van der Waals surface area contributed by atoms with E-state index in [1.807, 2.05) is 0 Å². The molecule has 0 fully saturated rings. The fraction of sp³-hybridized carbons (Fsp3) is 0.250. The van der Waals surface area contributed by atoms with E-state index in [4.69, 9.17) is 5.11 Å². The van der Waals surface area contributed by atoms with Crippen molar-refractivity contribution in [3.8, 4) is 0 Å². The second-order valence-corrected chi connectivity index (χ2v) is 3.20. The van der Waals surface area contributed by atoms with Gasteiger partial charge in [0.15, 0.2) is 11.4 Å². The molecule has 6 nitrogen and oxygen atoms in total. The van der Waals surface area contributed by atoms with E-state index in [-0.39, 0.29) is 5.82 Å². The summed E-state index contributed by atoms with van der Waals surface area (Å²) in [7, 11) is 0. The van der Waals surface area contributed by atoms with Gasteiger partial charge in [0.05, 0.1) is 0 Å². The van der Waals surface area contributed by atoms with Crippen LogP contribution in [0.25, 0.3) is 5.78 Å². The summed E-state index contributed by atoms with van der Waals surface area (Å²) in [5.41, 5.74) is -1.95. The number of aryl methyl sites for hydroxylation is 1. The van der Waals surface area contributed by atoms with Crippen molar-refractivity contribution in [2.24, 2.45) is 0 Å². The summed E-state index contributed by atoms with van der Waals surface area (Å²) in [6, 6.07) is 0.420. The molecule has 0 aromatic carbocycles. The molecule has 0 unspecified atom stereocenters. The molecule has 0 atom stereocenters. The largest absolute Gasteiger partial charge is 0.477 e. The molecule has 2 heterocycles. The number of halogens is 3. The average molecular weight is 246 g/mol. The third-order valence-corrected chi connectivity index (χ3v) is 1.93. The number of nitrogens with zero attached hydrogens (tertiary/aromatic N) is 4. The monoisotopic (exact) mass is 246 g/mol. The lowest BCUT2D eigenvalue weighted by molar-refractivity contribution is -0.141. The van der Waals surface area contributed by atoms with Crippen LogP contribution in [0.15, 0.2) is 6.07 Å². The smallest absolute Gasteiger partial charge is 0.433 e. The fourth-order valence-electron chi connectivity index (χ4n) is 1.27. The van der Waals surface area contributed by atoms with Gasteiger partial charge in [-0.15, -0.1) is 5.10 Å². The maximum absolute atomic E-state index is 12.5. The van der Waals surface area contributed by atoms with Gasteiger partial charge < -0.3 is 5.11 Å². The van der Waals surface area contributed by atoms with Crippen molar-refractivity contribution in [1.29, 1.82) is 0 Å². The number of hydrogen-bond acceptors (Lipinski definition) is 4. The third kappa shape index (κ3) is 1.90. The highest BCUT2D eigenvalue weighted by atomic mass is 19.4. The van der Waals surface area contributed by atoms with Crippen LogP contribution in [0.3, 0.4) is 0 Å². The Labute approximate surface area is 91.7 Å². The van der Waals surface area contributed by atoms with Crippen LogP contribution in [0.1, 0.15) is 22.0 Å². The van der Waals surface area contributed by atoms with Gasteiger partial charge in [0, 0.05) is 6.07 Å². The zero-order valence-electron chi connectivity index (χ0n) is 8.36. The van der Waals surface area contributed by atoms with Crippen LogP contribution in [0.5, 0.6) is 0 Å². The first-order valence-corrected chi connectivity index (χ1v) is 4.34. The molecule has 0 aliphatic heterocycles. The molecule has 0 bridgehead atoms. The van der Waals surface area contributed by atoms with Crippen molar-refractivity contribution in [2.45, 2.75) is 13.1 Å². The molecular formula is C8H5F3N4O2. The Hall–Kier alpha value is -2.19. The van der Waals surface area contributed by atoms with Crippen LogP contribution >= 0.6 is 0 Å². The molecule has 1 N–H and O–H groups in total. The van der Waals surface area contributed by atoms with E-state index in [0.717, 1.165) is 4.52 Å². The van der Waals surface area contributed by atoms with E-state index < -0.39 is 29.3 Å². The Morgan fingerprint density at radius 2 is 2.06 bits per heavy atom. The molecule has 0 saturated heterocycles. The highest BCUT2D eigenvalue weighted by Gasteiger charge is 2.34. The zero-order chi connectivity index (χ0) is 12.8. The minimum Gasteiger partial charge on any atom is -0.477 e. The highest BCUT2D eigenvalue weighted by Crippen LogP contribution is 2.28. The zero-order valence-corrected chi connectivity index (χ0v) is 8.36. The molecule has 2 aromatic heterocycles. The molecular weight excluding hydrogens is 241 g/mol. The van der Waals surface area contributed by atoms with Gasteiger partial charge in [0.1, 0.15) is 5.82 Å². The molecule has 0 saturated carbocycles. The van der Waals surface area contributed by atoms with Gasteiger partial charge in [-0.2, -0.15) is 22.7 Å². The van der Waals surface area contributed by atoms with Gasteiger partial charge in [-0.25, -0.2) is 9.78 Å². The summed E-state index contributed by atoms with van der Waals surface area (Å²) in [5, 5.41) is 12.5. The second-order valence-electron chi connectivity index (χ2n) is 3.20. The van der Waals surface area contributed by atoms with Crippen LogP contribution in [0.4, 0.5) is 13.2 Å². The molecule has 9 heteroatoms. The first kappa shape index (κ1) is 11.3. The van der Waals surface area contributed by atoms with Crippen molar-refractivity contribution in [3.05, 3.63) is 23.3 Å². The van der Waals surface area contributed by atoms with Crippen LogP contribution < -0.4 is 0 Å². The molecule has 0 spiro atoms. The quantitative estimate of drug-likeness (QED) is 0.816. The fourth-order valence-corrected chi connectivity index (χ4v) is 1.27. The molecule has 2 aromatic rings. The van der Waals surface area contributed by atoms with Gasteiger partial charge in [0.2, 0.25) is 0 Å². The van der Waals surface area contributed by atoms with Gasteiger partial charge in [-0.1, -0.05) is 0 Å². The normalized spacial score (nSPS) is 12.0. The first-order valence-electron chi connectivity index (χ1n) is 4.34. The summed E-state index contributed by atoms with van der Waals surface area (Å²) in [6.45, 7) is 1.42. The lowest BCUT2D eigenvalue weighted by Crippen LogP contribution is -2.15. The number of aromatic carboxylic acids is 1. The van der Waals surface area contributed by atoms with Crippen molar-refractivity contribution < 1.29 is 23.1 Å². The predicted molar refractivity (Wildman–Crippen MR) is 47.5 cm³/mol. The number of alkyl halides is 3. The Balaban J connectivity index is 2.80. The van der Waals surface area contributed by atoms with E-state index in [1.165, 1.54) is 6.92 Å². The number of fused-ring (bicyclic) bond motifs is 1. The molecule has 0 amide bonds. The van der Waals surface area contributed by atoms with Crippen LogP contribution in [0, 0.1) is 6.92 Å². The standard InChI is InChI=1S/C8H5F3N4O2/c1-3-12-7-13-5(8(9,10)11)2-4(6(16)17)15(7)14-3/h2H,1H3,(H,16,17). The lowest BCUT2D eigenvalue weighted by atomic mass is 10.3. The van der Waals surface area contributed by atoms with Crippen LogP contribution in [0.2, 0.25) is 0 Å². The Morgan fingerprint density at radius 3 is 2.59 bits per heavy atom. The van der Waals surface area contributed by atoms with E-state index >= 15 is 0 Å². The number of carboxylic acids is 1. The van der Waals surface area contributed by atoms with E-state index in [9.17, 15) is 18.0 Å². The Bertz CT molecular complexity index is 605. The van der Waals surface area contributed by atoms with Gasteiger partial charge >= 0.3 is 12.1 Å². The molecule has 90 valence electrons. The van der Waals surface area contributed by atoms with Crippen molar-refractivity contribution >= 4 is 11.7 Å². The first-order chi connectivity index (χ1) is 7.79.